The van der Waals surface area contributed by atoms with E-state index in [1.807, 2.05) is 25.9 Å². The van der Waals surface area contributed by atoms with Crippen molar-refractivity contribution in [3.05, 3.63) is 65.2 Å². The Labute approximate surface area is 188 Å². The summed E-state index contributed by atoms with van der Waals surface area (Å²) >= 11 is 0. The molecule has 0 bridgehead atoms. The van der Waals surface area contributed by atoms with Gasteiger partial charge in [-0.25, -0.2) is 0 Å². The molecule has 1 heterocycles. The lowest BCUT2D eigenvalue weighted by atomic mass is 9.95. The van der Waals surface area contributed by atoms with Crippen LogP contribution >= 0.6 is 0 Å². The normalized spacial score (nSPS) is 17.9. The van der Waals surface area contributed by atoms with E-state index < -0.39 is 17.7 Å². The second-order valence-electron chi connectivity index (χ2n) is 8.11. The van der Waals surface area contributed by atoms with Crippen molar-refractivity contribution in [3.63, 3.8) is 0 Å². The van der Waals surface area contributed by atoms with Crippen LogP contribution in [0.5, 0.6) is 11.5 Å². The second kappa shape index (κ2) is 10.3. The first-order valence-electron chi connectivity index (χ1n) is 10.8. The number of ether oxygens (including phenoxy) is 1. The molecule has 7 heteroatoms. The number of nitrogens with zero attached hydrogens (tertiary/aromatic N) is 2. The van der Waals surface area contributed by atoms with Gasteiger partial charge in [0.25, 0.3) is 11.7 Å². The van der Waals surface area contributed by atoms with Crippen molar-refractivity contribution in [2.45, 2.75) is 25.8 Å². The third-order valence-electron chi connectivity index (χ3n) is 5.35. The summed E-state index contributed by atoms with van der Waals surface area (Å²) in [6, 6.07) is 12.4. The van der Waals surface area contributed by atoms with Crippen LogP contribution in [0.1, 0.15) is 36.9 Å². The molecule has 1 fully saturated rings. The lowest BCUT2D eigenvalue weighted by Gasteiger charge is -2.26. The topological polar surface area (TPSA) is 90.3 Å². The first-order chi connectivity index (χ1) is 15.3. The molecule has 1 amide bonds. The number of aromatic hydroxyl groups is 1. The molecule has 2 N–H and O–H groups in total. The fourth-order valence-corrected chi connectivity index (χ4v) is 3.76. The van der Waals surface area contributed by atoms with Crippen LogP contribution in [-0.2, 0) is 9.59 Å². The van der Waals surface area contributed by atoms with Gasteiger partial charge in [-0.05, 0) is 75.4 Å². The number of hydrogen-bond acceptors (Lipinski definition) is 6. The van der Waals surface area contributed by atoms with Crippen LogP contribution < -0.4 is 4.74 Å². The molecule has 0 saturated carbocycles. The highest BCUT2D eigenvalue weighted by Crippen LogP contribution is 2.40. The van der Waals surface area contributed by atoms with Crippen LogP contribution in [0.2, 0.25) is 0 Å². The summed E-state index contributed by atoms with van der Waals surface area (Å²) in [6.07, 6.45) is 1.56. The Balaban J connectivity index is 2.01. The summed E-state index contributed by atoms with van der Waals surface area (Å²) in [7, 11) is 3.89. The molecule has 0 radical (unpaired) electrons. The molecule has 1 aliphatic rings. The summed E-state index contributed by atoms with van der Waals surface area (Å²) in [6.45, 7) is 3.73. The maximum atomic E-state index is 13.0. The van der Waals surface area contributed by atoms with Crippen LogP contribution in [-0.4, -0.2) is 65.5 Å². The van der Waals surface area contributed by atoms with Crippen molar-refractivity contribution in [1.29, 1.82) is 0 Å². The van der Waals surface area contributed by atoms with Gasteiger partial charge in [-0.15, -0.1) is 0 Å². The molecule has 0 aliphatic carbocycles. The SMILES string of the molecule is CCCOc1ccc(C(O)=C2C(=O)C(=O)N(CCCN(C)C)[C@H]2c2ccc(O)cc2)cc1. The van der Waals surface area contributed by atoms with E-state index in [0.717, 1.165) is 13.0 Å². The summed E-state index contributed by atoms with van der Waals surface area (Å²) in [5.41, 5.74) is 1.13. The third-order valence-corrected chi connectivity index (χ3v) is 5.35. The predicted molar refractivity (Wildman–Crippen MR) is 123 cm³/mol. The van der Waals surface area contributed by atoms with E-state index in [1.54, 1.807) is 36.4 Å². The molecule has 7 nitrogen and oxygen atoms in total. The van der Waals surface area contributed by atoms with Gasteiger partial charge in [0.15, 0.2) is 0 Å². The number of aliphatic hydroxyl groups is 1. The zero-order valence-electron chi connectivity index (χ0n) is 18.7. The monoisotopic (exact) mass is 438 g/mol. The number of carbonyl (C=O) groups excluding carboxylic acids is 2. The molecule has 1 saturated heterocycles. The van der Waals surface area contributed by atoms with Gasteiger partial charge < -0.3 is 24.7 Å². The van der Waals surface area contributed by atoms with Crippen molar-refractivity contribution in [1.82, 2.24) is 9.80 Å². The van der Waals surface area contributed by atoms with E-state index in [9.17, 15) is 19.8 Å². The number of hydrogen-bond donors (Lipinski definition) is 2. The average molecular weight is 439 g/mol. The maximum absolute atomic E-state index is 13.0. The number of benzene rings is 2. The number of carbonyl (C=O) groups is 2. The largest absolute Gasteiger partial charge is 0.508 e. The maximum Gasteiger partial charge on any atom is 0.295 e. The smallest absolute Gasteiger partial charge is 0.295 e. The molecule has 0 unspecified atom stereocenters. The highest BCUT2D eigenvalue weighted by atomic mass is 16.5. The van der Waals surface area contributed by atoms with Crippen LogP contribution in [0.25, 0.3) is 5.76 Å². The molecule has 3 rings (SSSR count). The number of Topliss-reactive ketones (excluding diaryl/α,β-unsaturated/α-hetero) is 1. The van der Waals surface area contributed by atoms with E-state index in [1.165, 1.54) is 17.0 Å². The minimum Gasteiger partial charge on any atom is -0.508 e. The Bertz CT molecular complexity index is 980. The molecule has 2 aromatic carbocycles. The number of ketones is 1. The summed E-state index contributed by atoms with van der Waals surface area (Å²) < 4.78 is 5.58. The van der Waals surface area contributed by atoms with Gasteiger partial charge in [0.1, 0.15) is 17.3 Å². The summed E-state index contributed by atoms with van der Waals surface area (Å²) in [5.74, 6) is -0.815. The van der Waals surface area contributed by atoms with Crippen LogP contribution in [0.4, 0.5) is 0 Å². The molecule has 1 aliphatic heterocycles. The number of amides is 1. The molecule has 1 atom stereocenters. The number of aliphatic hydroxyl groups excluding tert-OH is 1. The number of phenols is 1. The first-order valence-corrected chi connectivity index (χ1v) is 10.8. The van der Waals surface area contributed by atoms with E-state index in [-0.39, 0.29) is 17.1 Å². The highest BCUT2D eigenvalue weighted by Gasteiger charge is 2.45. The lowest BCUT2D eigenvalue weighted by molar-refractivity contribution is -0.139. The van der Waals surface area contributed by atoms with Gasteiger partial charge in [0.05, 0.1) is 18.2 Å². The molecule has 0 aromatic heterocycles. The predicted octanol–water partition coefficient (Wildman–Crippen LogP) is 3.55. The Morgan fingerprint density at radius 2 is 1.72 bits per heavy atom. The van der Waals surface area contributed by atoms with Crippen molar-refractivity contribution < 1.29 is 24.5 Å². The van der Waals surface area contributed by atoms with Crippen molar-refractivity contribution in [2.24, 2.45) is 0 Å². The van der Waals surface area contributed by atoms with Gasteiger partial charge in [0.2, 0.25) is 0 Å². The van der Waals surface area contributed by atoms with Crippen molar-refractivity contribution in [2.75, 3.05) is 33.8 Å². The summed E-state index contributed by atoms with van der Waals surface area (Å²) in [5, 5.41) is 20.8. The summed E-state index contributed by atoms with van der Waals surface area (Å²) in [4.78, 5) is 29.4. The fraction of sp³-hybridized carbons (Fsp3) is 0.360. The standard InChI is InChI=1S/C25H30N2O5/c1-4-16-32-20-12-8-18(9-13-20)23(29)21-22(17-6-10-19(28)11-7-17)27(25(31)24(21)30)15-5-14-26(2)3/h6-13,22,28-29H,4-5,14-16H2,1-3H3/t22-/m0/s1. The molecule has 0 spiro atoms. The average Bonchev–Trinajstić information content (AvgIpc) is 3.03. The van der Waals surface area contributed by atoms with Gasteiger partial charge in [-0.2, -0.15) is 0 Å². The zero-order valence-corrected chi connectivity index (χ0v) is 18.7. The Morgan fingerprint density at radius 3 is 2.31 bits per heavy atom. The van der Waals surface area contributed by atoms with Gasteiger partial charge in [0, 0.05) is 12.1 Å². The molecule has 2 aromatic rings. The Kier molecular flexibility index (Phi) is 7.53. The van der Waals surface area contributed by atoms with Crippen molar-refractivity contribution in [3.8, 4) is 11.5 Å². The first kappa shape index (κ1) is 23.3. The molecular weight excluding hydrogens is 408 g/mol. The highest BCUT2D eigenvalue weighted by molar-refractivity contribution is 6.46. The van der Waals surface area contributed by atoms with Gasteiger partial charge in [-0.3, -0.25) is 9.59 Å². The van der Waals surface area contributed by atoms with E-state index in [4.69, 9.17) is 4.74 Å². The van der Waals surface area contributed by atoms with E-state index in [0.29, 0.717) is 36.4 Å². The number of rotatable bonds is 9. The van der Waals surface area contributed by atoms with Gasteiger partial charge >= 0.3 is 0 Å². The van der Waals surface area contributed by atoms with E-state index >= 15 is 0 Å². The van der Waals surface area contributed by atoms with Crippen LogP contribution in [0.3, 0.4) is 0 Å². The lowest BCUT2D eigenvalue weighted by Crippen LogP contribution is -2.32. The number of phenolic OH excluding ortho intramolecular Hbond substituents is 1. The molecule has 32 heavy (non-hydrogen) atoms. The van der Waals surface area contributed by atoms with Gasteiger partial charge in [-0.1, -0.05) is 19.1 Å². The van der Waals surface area contributed by atoms with Crippen molar-refractivity contribution >= 4 is 17.4 Å². The quantitative estimate of drug-likeness (QED) is 0.354. The van der Waals surface area contributed by atoms with Crippen LogP contribution in [0, 0.1) is 0 Å². The van der Waals surface area contributed by atoms with E-state index in [2.05, 4.69) is 0 Å². The molecule has 170 valence electrons. The minimum absolute atomic E-state index is 0.0489. The molecular formula is C25H30N2O5. The Hall–Kier alpha value is -3.32. The Morgan fingerprint density at radius 1 is 1.06 bits per heavy atom. The zero-order chi connectivity index (χ0) is 23.3. The fourth-order valence-electron chi connectivity index (χ4n) is 3.76. The third kappa shape index (κ3) is 5.11. The second-order valence-corrected chi connectivity index (χ2v) is 8.11. The van der Waals surface area contributed by atoms with Crippen LogP contribution in [0.15, 0.2) is 54.1 Å². The minimum atomic E-state index is -0.728. The number of likely N-dealkylation sites (tertiary alicyclic amines) is 1.